The molecule has 1 aromatic carbocycles. The fraction of sp³-hybridized carbons (Fsp3) is 0.294. The van der Waals surface area contributed by atoms with Crippen LogP contribution in [0.4, 0.5) is 0 Å². The molecule has 0 saturated carbocycles. The van der Waals surface area contributed by atoms with Crippen molar-refractivity contribution in [3.8, 4) is 6.07 Å². The van der Waals surface area contributed by atoms with Gasteiger partial charge in [0.05, 0.1) is 0 Å². The maximum atomic E-state index is 8.88. The lowest BCUT2D eigenvalue weighted by molar-refractivity contribution is 0.459. The maximum absolute atomic E-state index is 8.88. The number of nitrogens with one attached hydrogen (secondary N) is 1. The largest absolute Gasteiger partial charge is 0.306 e. The van der Waals surface area contributed by atoms with Gasteiger partial charge in [0.15, 0.2) is 0 Å². The number of hydrogen-bond donors (Lipinski definition) is 1. The molecule has 0 spiro atoms. The van der Waals surface area contributed by atoms with Crippen molar-refractivity contribution in [2.75, 3.05) is 0 Å². The molecule has 0 bridgehead atoms. The first-order valence-electron chi connectivity index (χ1n) is 7.03. The lowest BCUT2D eigenvalue weighted by Crippen LogP contribution is -2.24. The van der Waals surface area contributed by atoms with E-state index in [0.29, 0.717) is 11.7 Å². The molecule has 1 aliphatic rings. The molecule has 0 aliphatic heterocycles. The molecule has 0 saturated heterocycles. The zero-order chi connectivity index (χ0) is 13.8. The van der Waals surface area contributed by atoms with Gasteiger partial charge in [0, 0.05) is 18.8 Å². The number of hydrogen-bond acceptors (Lipinski definition) is 3. The molecule has 100 valence electrons. The van der Waals surface area contributed by atoms with Crippen molar-refractivity contribution in [3.63, 3.8) is 0 Å². The van der Waals surface area contributed by atoms with Crippen molar-refractivity contribution in [2.24, 2.45) is 0 Å². The van der Waals surface area contributed by atoms with Crippen molar-refractivity contribution in [1.29, 1.82) is 5.26 Å². The van der Waals surface area contributed by atoms with Crippen LogP contribution in [0.1, 0.15) is 41.3 Å². The minimum Gasteiger partial charge on any atom is -0.306 e. The number of nitriles is 1. The highest BCUT2D eigenvalue weighted by Gasteiger charge is 2.18. The Morgan fingerprint density at radius 1 is 1.30 bits per heavy atom. The van der Waals surface area contributed by atoms with E-state index in [2.05, 4.69) is 40.6 Å². The van der Waals surface area contributed by atoms with Gasteiger partial charge in [0.1, 0.15) is 11.8 Å². The minimum atomic E-state index is 0.415. The SMILES string of the molecule is N#Cc1cc(CNC2CCCc3ccccc32)ccn1. The van der Waals surface area contributed by atoms with E-state index in [9.17, 15) is 0 Å². The highest BCUT2D eigenvalue weighted by Crippen LogP contribution is 2.29. The number of aryl methyl sites for hydroxylation is 1. The third-order valence-electron chi connectivity index (χ3n) is 3.86. The molecule has 1 aromatic heterocycles. The molecule has 0 radical (unpaired) electrons. The molecule has 1 N–H and O–H groups in total. The lowest BCUT2D eigenvalue weighted by atomic mass is 9.87. The number of aromatic nitrogens is 1. The Hall–Kier alpha value is -2.18. The number of benzene rings is 1. The zero-order valence-electron chi connectivity index (χ0n) is 11.3. The molecule has 1 heterocycles. The molecule has 1 unspecified atom stereocenters. The fourth-order valence-corrected chi connectivity index (χ4v) is 2.85. The maximum Gasteiger partial charge on any atom is 0.140 e. The van der Waals surface area contributed by atoms with Gasteiger partial charge in [-0.3, -0.25) is 0 Å². The highest BCUT2D eigenvalue weighted by atomic mass is 14.9. The molecular weight excluding hydrogens is 246 g/mol. The van der Waals surface area contributed by atoms with Gasteiger partial charge in [-0.1, -0.05) is 24.3 Å². The Morgan fingerprint density at radius 2 is 2.20 bits per heavy atom. The summed E-state index contributed by atoms with van der Waals surface area (Å²) in [5, 5.41) is 12.5. The van der Waals surface area contributed by atoms with Gasteiger partial charge >= 0.3 is 0 Å². The quantitative estimate of drug-likeness (QED) is 0.925. The van der Waals surface area contributed by atoms with Crippen LogP contribution in [0.2, 0.25) is 0 Å². The summed E-state index contributed by atoms with van der Waals surface area (Å²) >= 11 is 0. The van der Waals surface area contributed by atoms with Gasteiger partial charge in [-0.15, -0.1) is 0 Å². The van der Waals surface area contributed by atoms with E-state index in [0.717, 1.165) is 12.1 Å². The minimum absolute atomic E-state index is 0.415. The first-order chi connectivity index (χ1) is 9.86. The third kappa shape index (κ3) is 2.71. The topological polar surface area (TPSA) is 48.7 Å². The van der Waals surface area contributed by atoms with Crippen LogP contribution in [0, 0.1) is 11.3 Å². The second kappa shape index (κ2) is 5.85. The molecule has 20 heavy (non-hydrogen) atoms. The molecule has 3 heteroatoms. The molecule has 1 atom stereocenters. The van der Waals surface area contributed by atoms with Crippen LogP contribution >= 0.6 is 0 Å². The second-order valence-corrected chi connectivity index (χ2v) is 5.19. The zero-order valence-corrected chi connectivity index (χ0v) is 11.3. The Kier molecular flexibility index (Phi) is 3.76. The van der Waals surface area contributed by atoms with E-state index >= 15 is 0 Å². The van der Waals surface area contributed by atoms with Gasteiger partial charge in [-0.2, -0.15) is 5.26 Å². The van der Waals surface area contributed by atoms with E-state index in [-0.39, 0.29) is 0 Å². The molecule has 0 amide bonds. The summed E-state index contributed by atoms with van der Waals surface area (Å²) in [6.07, 6.45) is 5.29. The van der Waals surface area contributed by atoms with Crippen molar-refractivity contribution >= 4 is 0 Å². The first-order valence-corrected chi connectivity index (χ1v) is 7.03. The number of rotatable bonds is 3. The average molecular weight is 263 g/mol. The van der Waals surface area contributed by atoms with Crippen LogP contribution in [0.5, 0.6) is 0 Å². The standard InChI is InChI=1S/C17H17N3/c18-11-15-10-13(8-9-19-15)12-20-17-7-3-5-14-4-1-2-6-16(14)17/h1-2,4,6,8-10,17,20H,3,5,7,12H2. The number of pyridine rings is 1. The van der Waals surface area contributed by atoms with Gasteiger partial charge in [-0.05, 0) is 48.1 Å². The summed E-state index contributed by atoms with van der Waals surface area (Å²) in [7, 11) is 0. The predicted octanol–water partition coefficient (Wildman–Crippen LogP) is 3.12. The lowest BCUT2D eigenvalue weighted by Gasteiger charge is -2.26. The van der Waals surface area contributed by atoms with E-state index in [1.54, 1.807) is 6.20 Å². The smallest absolute Gasteiger partial charge is 0.140 e. The monoisotopic (exact) mass is 263 g/mol. The van der Waals surface area contributed by atoms with Crippen molar-refractivity contribution in [2.45, 2.75) is 31.8 Å². The van der Waals surface area contributed by atoms with Gasteiger partial charge < -0.3 is 5.32 Å². The van der Waals surface area contributed by atoms with Crippen molar-refractivity contribution in [1.82, 2.24) is 10.3 Å². The van der Waals surface area contributed by atoms with Crippen LogP contribution < -0.4 is 5.32 Å². The Morgan fingerprint density at radius 3 is 3.10 bits per heavy atom. The van der Waals surface area contributed by atoms with Crippen LogP contribution in [0.3, 0.4) is 0 Å². The summed E-state index contributed by atoms with van der Waals surface area (Å²) in [4.78, 5) is 4.00. The normalized spacial score (nSPS) is 17.2. The summed E-state index contributed by atoms with van der Waals surface area (Å²) in [5.74, 6) is 0. The molecule has 1 aliphatic carbocycles. The average Bonchev–Trinajstić information content (AvgIpc) is 2.53. The van der Waals surface area contributed by atoms with Crippen LogP contribution in [-0.2, 0) is 13.0 Å². The Balaban J connectivity index is 1.72. The van der Waals surface area contributed by atoms with Crippen LogP contribution in [0.15, 0.2) is 42.6 Å². The summed E-state index contributed by atoms with van der Waals surface area (Å²) in [5.41, 5.74) is 4.48. The summed E-state index contributed by atoms with van der Waals surface area (Å²) in [6.45, 7) is 0.774. The molecular formula is C17H17N3. The van der Waals surface area contributed by atoms with E-state index in [1.165, 1.54) is 30.4 Å². The van der Waals surface area contributed by atoms with Crippen LogP contribution in [0.25, 0.3) is 0 Å². The van der Waals surface area contributed by atoms with E-state index in [1.807, 2.05) is 12.1 Å². The predicted molar refractivity (Wildman–Crippen MR) is 77.9 cm³/mol. The Bertz CT molecular complexity index is 643. The number of nitrogens with zero attached hydrogens (tertiary/aromatic N) is 2. The second-order valence-electron chi connectivity index (χ2n) is 5.19. The van der Waals surface area contributed by atoms with Gasteiger partial charge in [0.25, 0.3) is 0 Å². The van der Waals surface area contributed by atoms with Gasteiger partial charge in [0.2, 0.25) is 0 Å². The highest BCUT2D eigenvalue weighted by molar-refractivity contribution is 5.32. The first kappa shape index (κ1) is 12.8. The Labute approximate surface area is 119 Å². The molecule has 3 nitrogen and oxygen atoms in total. The summed E-state index contributed by atoms with van der Waals surface area (Å²) < 4.78 is 0. The number of fused-ring (bicyclic) bond motifs is 1. The van der Waals surface area contributed by atoms with E-state index < -0.39 is 0 Å². The third-order valence-corrected chi connectivity index (χ3v) is 3.86. The summed E-state index contributed by atoms with van der Waals surface area (Å²) in [6, 6.07) is 15.0. The van der Waals surface area contributed by atoms with Crippen LogP contribution in [-0.4, -0.2) is 4.98 Å². The van der Waals surface area contributed by atoms with Crippen molar-refractivity contribution in [3.05, 3.63) is 65.0 Å². The molecule has 2 aromatic rings. The van der Waals surface area contributed by atoms with E-state index in [4.69, 9.17) is 5.26 Å². The molecule has 3 rings (SSSR count). The molecule has 0 fully saturated rings. The van der Waals surface area contributed by atoms with Crippen molar-refractivity contribution < 1.29 is 0 Å². The fourth-order valence-electron chi connectivity index (χ4n) is 2.85. The van der Waals surface area contributed by atoms with Gasteiger partial charge in [-0.25, -0.2) is 4.98 Å².